The first-order chi connectivity index (χ1) is 15.9. The molecule has 0 aliphatic heterocycles. The Balaban J connectivity index is 1.60. The molecule has 1 saturated carbocycles. The Bertz CT molecular complexity index is 1050. The van der Waals surface area contributed by atoms with Crippen LogP contribution < -0.4 is 14.2 Å². The van der Waals surface area contributed by atoms with Crippen molar-refractivity contribution < 1.29 is 28.9 Å². The van der Waals surface area contributed by atoms with Crippen LogP contribution in [0.3, 0.4) is 0 Å². The lowest BCUT2D eigenvalue weighted by Gasteiger charge is -2.22. The second kappa shape index (κ2) is 9.46. The molecule has 4 rings (SSSR count). The highest BCUT2D eigenvalue weighted by Gasteiger charge is 2.44. The molecule has 2 aromatic rings. The van der Waals surface area contributed by atoms with Crippen LogP contribution in [0.1, 0.15) is 61.4 Å². The van der Waals surface area contributed by atoms with E-state index in [1.165, 1.54) is 0 Å². The lowest BCUT2D eigenvalue weighted by molar-refractivity contribution is -0.142. The normalized spacial score (nSPS) is 16.8. The average Bonchev–Trinajstić information content (AvgIpc) is 3.50. The van der Waals surface area contributed by atoms with Crippen molar-refractivity contribution in [3.63, 3.8) is 0 Å². The molecule has 0 aromatic heterocycles. The average molecular weight is 453 g/mol. The maximum Gasteiger partial charge on any atom is 0.306 e. The van der Waals surface area contributed by atoms with Gasteiger partial charge in [0.25, 0.3) is 0 Å². The maximum atomic E-state index is 12.1. The maximum absolute atomic E-state index is 12.1. The van der Waals surface area contributed by atoms with Crippen molar-refractivity contribution in [2.24, 2.45) is 11.3 Å². The third kappa shape index (κ3) is 4.70. The largest absolute Gasteiger partial charge is 0.493 e. The molecule has 0 spiro atoms. The van der Waals surface area contributed by atoms with E-state index in [-0.39, 0.29) is 17.1 Å². The first-order valence-corrected chi connectivity index (χ1v) is 11.7. The quantitative estimate of drug-likeness (QED) is 0.481. The molecular weight excluding hydrogens is 420 g/mol. The van der Waals surface area contributed by atoms with E-state index in [1.54, 1.807) is 14.2 Å². The summed E-state index contributed by atoms with van der Waals surface area (Å²) >= 11 is 0. The van der Waals surface area contributed by atoms with Gasteiger partial charge >= 0.3 is 5.97 Å². The Kier molecular flexibility index (Phi) is 6.63. The molecule has 0 amide bonds. The number of ether oxygens (including phenoxy) is 3. The summed E-state index contributed by atoms with van der Waals surface area (Å²) in [6.07, 6.45) is 5.53. The van der Waals surface area contributed by atoms with Crippen molar-refractivity contribution >= 4 is 11.8 Å². The summed E-state index contributed by atoms with van der Waals surface area (Å²) < 4.78 is 17.6. The third-order valence-electron chi connectivity index (χ3n) is 7.18. The first-order valence-electron chi connectivity index (χ1n) is 11.7. The Labute approximate surface area is 194 Å². The number of rotatable bonds is 11. The molecule has 33 heavy (non-hydrogen) atoms. The highest BCUT2D eigenvalue weighted by molar-refractivity contribution is 6.01. The van der Waals surface area contributed by atoms with Crippen molar-refractivity contribution in [2.75, 3.05) is 20.8 Å². The summed E-state index contributed by atoms with van der Waals surface area (Å²) in [6, 6.07) is 9.76. The molecule has 6 heteroatoms. The van der Waals surface area contributed by atoms with E-state index in [0.29, 0.717) is 43.1 Å². The number of Topliss-reactive ketones (excluding diaryl/α,β-unsaturated/α-hetero) is 1. The Hall–Kier alpha value is -3.02. The van der Waals surface area contributed by atoms with Gasteiger partial charge in [0.05, 0.1) is 26.7 Å². The summed E-state index contributed by atoms with van der Waals surface area (Å²) in [6.45, 7) is 2.43. The van der Waals surface area contributed by atoms with Gasteiger partial charge in [-0.2, -0.15) is 0 Å². The van der Waals surface area contributed by atoms with Crippen LogP contribution >= 0.6 is 0 Å². The van der Waals surface area contributed by atoms with E-state index in [9.17, 15) is 14.7 Å². The Morgan fingerprint density at radius 3 is 2.45 bits per heavy atom. The van der Waals surface area contributed by atoms with Gasteiger partial charge in [-0.05, 0) is 61.8 Å². The van der Waals surface area contributed by atoms with Gasteiger partial charge in [0.15, 0.2) is 17.3 Å². The van der Waals surface area contributed by atoms with Gasteiger partial charge in [0, 0.05) is 23.0 Å². The standard InChI is InChI=1S/C27H32O6/c1-4-17(26(29)30)11-12-27(13-14-27)16-33-24-21(8-10-23(31-2)25(24)32-3)19-5-7-20-18(15-19)6-9-22(20)28/h5,7-8,10,15,17H,4,6,9,11-14,16H2,1-3H3,(H,29,30). The van der Waals surface area contributed by atoms with Crippen LogP contribution in [-0.4, -0.2) is 37.7 Å². The molecule has 1 fully saturated rings. The number of carbonyl (C=O) groups excluding carboxylic acids is 1. The fraction of sp³-hybridized carbons (Fsp3) is 0.481. The number of hydrogen-bond donors (Lipinski definition) is 1. The van der Waals surface area contributed by atoms with Gasteiger partial charge in [-0.15, -0.1) is 0 Å². The van der Waals surface area contributed by atoms with Crippen LogP contribution in [-0.2, 0) is 11.2 Å². The van der Waals surface area contributed by atoms with E-state index in [1.807, 2.05) is 31.2 Å². The number of ketones is 1. The minimum absolute atomic E-state index is 0.0125. The smallest absolute Gasteiger partial charge is 0.306 e. The number of methoxy groups -OCH3 is 2. The van der Waals surface area contributed by atoms with Gasteiger partial charge in [-0.3, -0.25) is 9.59 Å². The zero-order valence-corrected chi connectivity index (χ0v) is 19.6. The molecule has 176 valence electrons. The van der Waals surface area contributed by atoms with Gasteiger partial charge < -0.3 is 19.3 Å². The number of benzene rings is 2. The van der Waals surface area contributed by atoms with Gasteiger partial charge in [0.1, 0.15) is 0 Å². The summed E-state index contributed by atoms with van der Waals surface area (Å²) in [4.78, 5) is 23.5. The van der Waals surface area contributed by atoms with Crippen molar-refractivity contribution in [1.29, 1.82) is 0 Å². The lowest BCUT2D eigenvalue weighted by atomic mass is 9.92. The molecule has 2 aliphatic carbocycles. The molecule has 0 bridgehead atoms. The molecular formula is C27H32O6. The predicted molar refractivity (Wildman–Crippen MR) is 125 cm³/mol. The van der Waals surface area contributed by atoms with Crippen LogP contribution in [0.15, 0.2) is 30.3 Å². The number of hydrogen-bond acceptors (Lipinski definition) is 5. The van der Waals surface area contributed by atoms with Crippen LogP contribution in [0.4, 0.5) is 0 Å². The fourth-order valence-electron chi connectivity index (χ4n) is 4.74. The highest BCUT2D eigenvalue weighted by atomic mass is 16.5. The molecule has 1 unspecified atom stereocenters. The number of aryl methyl sites for hydroxylation is 1. The van der Waals surface area contributed by atoms with Crippen molar-refractivity contribution in [3.05, 3.63) is 41.5 Å². The van der Waals surface area contributed by atoms with E-state index in [0.717, 1.165) is 47.9 Å². The molecule has 2 aliphatic rings. The van der Waals surface area contributed by atoms with Crippen molar-refractivity contribution in [3.8, 4) is 28.4 Å². The topological polar surface area (TPSA) is 82.1 Å². The number of carboxylic acids is 1. The number of fused-ring (bicyclic) bond motifs is 1. The van der Waals surface area contributed by atoms with Crippen LogP contribution in [0.25, 0.3) is 11.1 Å². The Morgan fingerprint density at radius 2 is 1.82 bits per heavy atom. The molecule has 0 heterocycles. The van der Waals surface area contributed by atoms with E-state index in [2.05, 4.69) is 6.07 Å². The predicted octanol–water partition coefficient (Wildman–Crippen LogP) is 5.55. The first kappa shape index (κ1) is 23.1. The SMILES string of the molecule is CCC(CCC1(COc2c(-c3ccc4c(c3)CCC4=O)ccc(OC)c2OC)CC1)C(=O)O. The second-order valence-electron chi connectivity index (χ2n) is 9.24. The van der Waals surface area contributed by atoms with Crippen molar-refractivity contribution in [1.82, 2.24) is 0 Å². The summed E-state index contributed by atoms with van der Waals surface area (Å²) in [7, 11) is 3.20. The van der Waals surface area contributed by atoms with Gasteiger partial charge in [0.2, 0.25) is 5.75 Å². The highest BCUT2D eigenvalue weighted by Crippen LogP contribution is 2.52. The van der Waals surface area contributed by atoms with Gasteiger partial charge in [-0.1, -0.05) is 25.1 Å². The summed E-state index contributed by atoms with van der Waals surface area (Å²) in [5.74, 6) is 0.925. The molecule has 2 aromatic carbocycles. The van der Waals surface area contributed by atoms with Crippen LogP contribution in [0, 0.1) is 11.3 Å². The van der Waals surface area contributed by atoms with E-state index < -0.39 is 5.97 Å². The van der Waals surface area contributed by atoms with Gasteiger partial charge in [-0.25, -0.2) is 0 Å². The lowest BCUT2D eigenvalue weighted by Crippen LogP contribution is -2.19. The second-order valence-corrected chi connectivity index (χ2v) is 9.24. The van der Waals surface area contributed by atoms with E-state index >= 15 is 0 Å². The zero-order valence-electron chi connectivity index (χ0n) is 19.6. The van der Waals surface area contributed by atoms with Crippen molar-refractivity contribution in [2.45, 2.75) is 51.9 Å². The van der Waals surface area contributed by atoms with E-state index in [4.69, 9.17) is 14.2 Å². The summed E-state index contributed by atoms with van der Waals surface area (Å²) in [5, 5.41) is 9.39. The molecule has 1 atom stereocenters. The Morgan fingerprint density at radius 1 is 1.06 bits per heavy atom. The fourth-order valence-corrected chi connectivity index (χ4v) is 4.74. The minimum Gasteiger partial charge on any atom is -0.493 e. The zero-order chi connectivity index (χ0) is 23.6. The number of carboxylic acid groups (broad SMARTS) is 1. The number of aliphatic carboxylic acids is 1. The molecule has 0 saturated heterocycles. The summed E-state index contributed by atoms with van der Waals surface area (Å²) in [5.41, 5.74) is 3.75. The third-order valence-corrected chi connectivity index (χ3v) is 7.18. The molecule has 0 radical (unpaired) electrons. The van der Waals surface area contributed by atoms with Crippen LogP contribution in [0.5, 0.6) is 17.2 Å². The number of carbonyl (C=O) groups is 2. The minimum atomic E-state index is -0.721. The molecule has 6 nitrogen and oxygen atoms in total. The monoisotopic (exact) mass is 452 g/mol. The molecule has 1 N–H and O–H groups in total. The van der Waals surface area contributed by atoms with Crippen LogP contribution in [0.2, 0.25) is 0 Å².